The predicted octanol–water partition coefficient (Wildman–Crippen LogP) is -0.609. The highest BCUT2D eigenvalue weighted by Crippen LogP contribution is 2.26. The van der Waals surface area contributed by atoms with Crippen molar-refractivity contribution in [3.8, 4) is 11.3 Å². The van der Waals surface area contributed by atoms with Crippen LogP contribution in [0.5, 0.6) is 0 Å². The molecule has 20 heavy (non-hydrogen) atoms. The van der Waals surface area contributed by atoms with E-state index in [-0.39, 0.29) is 22.7 Å². The summed E-state index contributed by atoms with van der Waals surface area (Å²) >= 11 is 0. The number of carboxylic acids is 1. The van der Waals surface area contributed by atoms with E-state index in [4.69, 9.17) is 0 Å². The zero-order valence-corrected chi connectivity index (χ0v) is 9.68. The maximum absolute atomic E-state index is 10.8. The normalized spacial score (nSPS) is 10.8. The molecule has 10 heteroatoms. The second kappa shape index (κ2) is 4.12. The molecule has 0 saturated heterocycles. The Balaban J connectivity index is 2.15. The fourth-order valence-corrected chi connectivity index (χ4v) is 1.74. The molecule has 0 saturated carbocycles. The number of hydrogen-bond donors (Lipinski definition) is 1. The summed E-state index contributed by atoms with van der Waals surface area (Å²) < 4.78 is 1.20. The molecule has 0 unspecified atom stereocenters. The van der Waals surface area contributed by atoms with Crippen molar-refractivity contribution < 1.29 is 14.8 Å². The van der Waals surface area contributed by atoms with Gasteiger partial charge in [-0.1, -0.05) is 0 Å². The van der Waals surface area contributed by atoms with E-state index < -0.39 is 10.9 Å². The van der Waals surface area contributed by atoms with Gasteiger partial charge in [-0.05, 0) is 0 Å². The fourth-order valence-electron chi connectivity index (χ4n) is 1.74. The molecular formula is C10H5N6O4-. The standard InChI is InChI=1S/C10H6N6O4/c17-10(18)6-1-8-11-2-5(4-15(8)14-6)9-7(16(19)20)3-12-13-9/h1-4H,(H,12,13)(H,17,18)/p-1. The molecule has 3 rings (SSSR count). The molecule has 0 bridgehead atoms. The Kier molecular flexibility index (Phi) is 2.42. The number of nitrogens with one attached hydrogen (secondary N) is 1. The number of carbonyl (C=O) groups is 1. The number of aromatic nitrogens is 5. The average Bonchev–Trinajstić information content (AvgIpc) is 3.04. The molecular weight excluding hydrogens is 268 g/mol. The summed E-state index contributed by atoms with van der Waals surface area (Å²) in [6, 6.07) is 1.24. The largest absolute Gasteiger partial charge is 0.543 e. The van der Waals surface area contributed by atoms with Crippen LogP contribution < -0.4 is 5.11 Å². The second-order valence-electron chi connectivity index (χ2n) is 3.85. The van der Waals surface area contributed by atoms with Crippen LogP contribution in [0.1, 0.15) is 10.5 Å². The van der Waals surface area contributed by atoms with Gasteiger partial charge in [0.1, 0.15) is 17.6 Å². The van der Waals surface area contributed by atoms with Crippen LogP contribution in [0.2, 0.25) is 0 Å². The van der Waals surface area contributed by atoms with Gasteiger partial charge in [0.05, 0.1) is 10.9 Å². The summed E-state index contributed by atoms with van der Waals surface area (Å²) in [5.41, 5.74) is 0.326. The SMILES string of the molecule is O=C([O-])c1cc2ncc(-c3[nH]ncc3[N+](=O)[O-])cn2n1. The van der Waals surface area contributed by atoms with Crippen molar-refractivity contribution in [3.63, 3.8) is 0 Å². The highest BCUT2D eigenvalue weighted by Gasteiger charge is 2.18. The Morgan fingerprint density at radius 1 is 1.40 bits per heavy atom. The van der Waals surface area contributed by atoms with E-state index in [0.29, 0.717) is 5.56 Å². The fraction of sp³-hybridized carbons (Fsp3) is 0. The van der Waals surface area contributed by atoms with Gasteiger partial charge in [0.2, 0.25) is 0 Å². The lowest BCUT2D eigenvalue weighted by atomic mass is 10.2. The Morgan fingerprint density at radius 2 is 2.20 bits per heavy atom. The number of nitro groups is 1. The van der Waals surface area contributed by atoms with E-state index in [1.807, 2.05) is 0 Å². The van der Waals surface area contributed by atoms with Crippen molar-refractivity contribution in [2.75, 3.05) is 0 Å². The van der Waals surface area contributed by atoms with Crippen molar-refractivity contribution in [1.82, 2.24) is 24.8 Å². The first kappa shape index (κ1) is 11.8. The molecule has 0 atom stereocenters. The molecule has 0 aliphatic heterocycles. The van der Waals surface area contributed by atoms with Gasteiger partial charge >= 0.3 is 5.69 Å². The molecule has 100 valence electrons. The quantitative estimate of drug-likeness (QED) is 0.495. The molecule has 0 aliphatic rings. The van der Waals surface area contributed by atoms with Crippen LogP contribution in [-0.2, 0) is 0 Å². The van der Waals surface area contributed by atoms with Crippen molar-refractivity contribution in [2.45, 2.75) is 0 Å². The van der Waals surface area contributed by atoms with Crippen LogP contribution in [-0.4, -0.2) is 35.7 Å². The molecule has 0 radical (unpaired) electrons. The van der Waals surface area contributed by atoms with Gasteiger partial charge in [0.25, 0.3) is 0 Å². The predicted molar refractivity (Wildman–Crippen MR) is 61.6 cm³/mol. The Morgan fingerprint density at radius 3 is 2.90 bits per heavy atom. The van der Waals surface area contributed by atoms with Gasteiger partial charge in [-0.3, -0.25) is 15.2 Å². The van der Waals surface area contributed by atoms with Gasteiger partial charge in [-0.25, -0.2) is 9.50 Å². The van der Waals surface area contributed by atoms with E-state index in [2.05, 4.69) is 20.3 Å². The molecule has 0 spiro atoms. The first-order valence-corrected chi connectivity index (χ1v) is 5.31. The van der Waals surface area contributed by atoms with E-state index in [9.17, 15) is 20.0 Å². The molecule has 3 aromatic rings. The highest BCUT2D eigenvalue weighted by atomic mass is 16.6. The lowest BCUT2D eigenvalue weighted by molar-refractivity contribution is -0.384. The number of hydrogen-bond acceptors (Lipinski definition) is 7. The number of aromatic carboxylic acids is 1. The smallest absolute Gasteiger partial charge is 0.314 e. The van der Waals surface area contributed by atoms with Gasteiger partial charge in [0, 0.05) is 24.0 Å². The third-order valence-electron chi connectivity index (χ3n) is 2.63. The lowest BCUT2D eigenvalue weighted by Crippen LogP contribution is -2.22. The maximum atomic E-state index is 10.8. The zero-order valence-electron chi connectivity index (χ0n) is 9.68. The minimum atomic E-state index is -1.43. The first-order chi connectivity index (χ1) is 9.56. The van der Waals surface area contributed by atoms with E-state index in [1.54, 1.807) is 0 Å². The van der Waals surface area contributed by atoms with Gasteiger partial charge < -0.3 is 9.90 Å². The van der Waals surface area contributed by atoms with Crippen LogP contribution in [0.3, 0.4) is 0 Å². The van der Waals surface area contributed by atoms with Crippen LogP contribution in [0.15, 0.2) is 24.7 Å². The van der Waals surface area contributed by atoms with Gasteiger partial charge in [-0.2, -0.15) is 10.2 Å². The number of H-pyrrole nitrogens is 1. The number of carbonyl (C=O) groups excluding carboxylic acids is 1. The second-order valence-corrected chi connectivity index (χ2v) is 3.85. The van der Waals surface area contributed by atoms with Crippen molar-refractivity contribution in [2.24, 2.45) is 0 Å². The average molecular weight is 273 g/mol. The molecule has 10 nitrogen and oxygen atoms in total. The summed E-state index contributed by atoms with van der Waals surface area (Å²) in [6.45, 7) is 0. The van der Waals surface area contributed by atoms with Crippen molar-refractivity contribution in [3.05, 3.63) is 40.5 Å². The van der Waals surface area contributed by atoms with E-state index in [1.165, 1.54) is 23.0 Å². The van der Waals surface area contributed by atoms with Gasteiger partial charge in [-0.15, -0.1) is 0 Å². The molecule has 0 fully saturated rings. The van der Waals surface area contributed by atoms with Crippen LogP contribution in [0.4, 0.5) is 5.69 Å². The van der Waals surface area contributed by atoms with Crippen LogP contribution in [0, 0.1) is 10.1 Å². The van der Waals surface area contributed by atoms with Crippen LogP contribution >= 0.6 is 0 Å². The topological polar surface area (TPSA) is 142 Å². The number of carboxylic acid groups (broad SMARTS) is 1. The number of nitrogens with zero attached hydrogens (tertiary/aromatic N) is 5. The third kappa shape index (κ3) is 1.75. The third-order valence-corrected chi connectivity index (χ3v) is 2.63. The monoisotopic (exact) mass is 273 g/mol. The number of fused-ring (bicyclic) bond motifs is 1. The molecule has 3 aromatic heterocycles. The molecule has 3 heterocycles. The van der Waals surface area contributed by atoms with E-state index >= 15 is 0 Å². The summed E-state index contributed by atoms with van der Waals surface area (Å²) in [5.74, 6) is -1.43. The Bertz CT molecular complexity index is 835. The van der Waals surface area contributed by atoms with Crippen molar-refractivity contribution in [1.29, 1.82) is 0 Å². The first-order valence-electron chi connectivity index (χ1n) is 5.31. The Labute approximate surface area is 109 Å². The highest BCUT2D eigenvalue weighted by molar-refractivity contribution is 5.84. The maximum Gasteiger partial charge on any atom is 0.314 e. The summed E-state index contributed by atoms with van der Waals surface area (Å²) in [4.78, 5) is 24.9. The molecule has 0 amide bonds. The van der Waals surface area contributed by atoms with Gasteiger partial charge in [0.15, 0.2) is 5.65 Å². The minimum absolute atomic E-state index is 0.162. The zero-order chi connectivity index (χ0) is 14.3. The van der Waals surface area contributed by atoms with Crippen LogP contribution in [0.25, 0.3) is 16.9 Å². The molecule has 0 aromatic carbocycles. The summed E-state index contributed by atoms with van der Waals surface area (Å²) in [7, 11) is 0. The Hall–Kier alpha value is -3.30. The minimum Gasteiger partial charge on any atom is -0.543 e. The van der Waals surface area contributed by atoms with E-state index in [0.717, 1.165) is 6.20 Å². The molecule has 0 aliphatic carbocycles. The lowest BCUT2D eigenvalue weighted by Gasteiger charge is -1.98. The number of aromatic amines is 1. The molecule has 1 N–H and O–H groups in total. The number of rotatable bonds is 3. The van der Waals surface area contributed by atoms with Crippen molar-refractivity contribution >= 4 is 17.3 Å². The summed E-state index contributed by atoms with van der Waals surface area (Å²) in [6.07, 6.45) is 3.85. The summed E-state index contributed by atoms with van der Waals surface area (Å²) in [5, 5.41) is 31.4.